The Balaban J connectivity index is 1.54. The van der Waals surface area contributed by atoms with Crippen molar-refractivity contribution in [1.29, 1.82) is 0 Å². The average Bonchev–Trinajstić information content (AvgIpc) is 3.04. The second-order valence-corrected chi connectivity index (χ2v) is 8.49. The van der Waals surface area contributed by atoms with E-state index in [1.54, 1.807) is 13.2 Å². The van der Waals surface area contributed by atoms with Crippen LogP contribution >= 0.6 is 23.2 Å². The monoisotopic (exact) mass is 452 g/mol. The Morgan fingerprint density at radius 3 is 2.52 bits per heavy atom. The normalized spacial score (nSPS) is 11.2. The molecule has 0 amide bonds. The molecular weight excluding hydrogens is 427 g/mol. The molecule has 0 spiro atoms. The van der Waals surface area contributed by atoms with Gasteiger partial charge in [-0.3, -0.25) is 0 Å². The van der Waals surface area contributed by atoms with Crippen LogP contribution in [0.15, 0.2) is 66.7 Å². The van der Waals surface area contributed by atoms with Crippen LogP contribution in [0.25, 0.3) is 10.9 Å². The Hall–Kier alpha value is -2.46. The number of hydrogen-bond acceptors (Lipinski definition) is 2. The number of nitrogens with one attached hydrogen (secondary N) is 1. The highest BCUT2D eigenvalue weighted by Gasteiger charge is 2.15. The number of aromatic nitrogens is 1. The Bertz CT molecular complexity index is 1200. The van der Waals surface area contributed by atoms with E-state index in [1.165, 1.54) is 27.7 Å². The molecule has 1 N–H and O–H groups in total. The van der Waals surface area contributed by atoms with E-state index in [-0.39, 0.29) is 0 Å². The first-order chi connectivity index (χ1) is 15.1. The first kappa shape index (κ1) is 21.8. The standard InChI is InChI=1S/C26H26Cl2N2O/c1-18-23(16-29-14-13-19-7-3-6-10-26(19)31-2)22-8-4-5-9-25(22)30(18)17-20-11-12-21(27)15-24(20)28/h3-12,15,29H,13-14,16-17H2,1-2H3. The van der Waals surface area contributed by atoms with Crippen molar-refractivity contribution < 1.29 is 4.74 Å². The third-order valence-corrected chi connectivity index (χ3v) is 6.36. The van der Waals surface area contributed by atoms with Crippen LogP contribution in [0.2, 0.25) is 10.0 Å². The van der Waals surface area contributed by atoms with Gasteiger partial charge in [0.2, 0.25) is 0 Å². The van der Waals surface area contributed by atoms with Gasteiger partial charge in [0.05, 0.1) is 7.11 Å². The highest BCUT2D eigenvalue weighted by molar-refractivity contribution is 6.35. The van der Waals surface area contributed by atoms with Gasteiger partial charge in [-0.25, -0.2) is 0 Å². The number of nitrogens with zero attached hydrogens (tertiary/aromatic N) is 1. The summed E-state index contributed by atoms with van der Waals surface area (Å²) in [6.07, 6.45) is 0.919. The van der Waals surface area contributed by atoms with Gasteiger partial charge in [0.25, 0.3) is 0 Å². The smallest absolute Gasteiger partial charge is 0.122 e. The molecule has 0 fully saturated rings. The lowest BCUT2D eigenvalue weighted by Crippen LogP contribution is -2.17. The van der Waals surface area contributed by atoms with Crippen molar-refractivity contribution in [3.05, 3.63) is 99.2 Å². The van der Waals surface area contributed by atoms with Crippen molar-refractivity contribution in [3.63, 3.8) is 0 Å². The topological polar surface area (TPSA) is 26.2 Å². The molecule has 3 nitrogen and oxygen atoms in total. The van der Waals surface area contributed by atoms with Crippen LogP contribution in [0, 0.1) is 6.92 Å². The average molecular weight is 453 g/mol. The SMILES string of the molecule is COc1ccccc1CCNCc1c(C)n(Cc2ccc(Cl)cc2Cl)c2ccccc12. The number of benzene rings is 3. The summed E-state index contributed by atoms with van der Waals surface area (Å²) in [6, 6.07) is 22.4. The fraction of sp³-hybridized carbons (Fsp3) is 0.231. The minimum absolute atomic E-state index is 0.655. The third-order valence-electron chi connectivity index (χ3n) is 5.77. The predicted molar refractivity (Wildman–Crippen MR) is 131 cm³/mol. The quantitative estimate of drug-likeness (QED) is 0.303. The second kappa shape index (κ2) is 9.78. The summed E-state index contributed by atoms with van der Waals surface area (Å²) in [4.78, 5) is 0. The maximum atomic E-state index is 6.45. The first-order valence-electron chi connectivity index (χ1n) is 10.4. The van der Waals surface area contributed by atoms with Gasteiger partial charge in [-0.05, 0) is 60.8 Å². The van der Waals surface area contributed by atoms with Gasteiger partial charge < -0.3 is 14.6 Å². The van der Waals surface area contributed by atoms with E-state index in [4.69, 9.17) is 27.9 Å². The van der Waals surface area contributed by atoms with Crippen molar-refractivity contribution in [2.75, 3.05) is 13.7 Å². The maximum Gasteiger partial charge on any atom is 0.122 e. The molecule has 0 atom stereocenters. The summed E-state index contributed by atoms with van der Waals surface area (Å²) in [5.74, 6) is 0.942. The van der Waals surface area contributed by atoms with Gasteiger partial charge in [0, 0.05) is 39.7 Å². The fourth-order valence-corrected chi connectivity index (χ4v) is 4.56. The largest absolute Gasteiger partial charge is 0.496 e. The summed E-state index contributed by atoms with van der Waals surface area (Å²) < 4.78 is 7.80. The van der Waals surface area contributed by atoms with E-state index in [0.29, 0.717) is 16.6 Å². The molecule has 4 rings (SSSR count). The zero-order valence-electron chi connectivity index (χ0n) is 17.8. The number of hydrogen-bond donors (Lipinski definition) is 1. The summed E-state index contributed by atoms with van der Waals surface area (Å²) in [7, 11) is 1.72. The molecule has 0 radical (unpaired) electrons. The molecule has 1 heterocycles. The van der Waals surface area contributed by atoms with Crippen molar-refractivity contribution in [1.82, 2.24) is 9.88 Å². The van der Waals surface area contributed by atoms with Gasteiger partial charge in [0.15, 0.2) is 0 Å². The van der Waals surface area contributed by atoms with Crippen LogP contribution < -0.4 is 10.1 Å². The third kappa shape index (κ3) is 4.74. The lowest BCUT2D eigenvalue weighted by Gasteiger charge is -2.12. The van der Waals surface area contributed by atoms with Crippen LogP contribution in [0.1, 0.15) is 22.4 Å². The van der Waals surface area contributed by atoms with Crippen molar-refractivity contribution in [2.45, 2.75) is 26.4 Å². The van der Waals surface area contributed by atoms with Crippen molar-refractivity contribution in [2.24, 2.45) is 0 Å². The molecule has 0 aliphatic heterocycles. The molecule has 0 unspecified atom stereocenters. The van der Waals surface area contributed by atoms with E-state index in [1.807, 2.05) is 24.3 Å². The summed E-state index contributed by atoms with van der Waals surface area (Å²) in [5.41, 5.74) is 6.06. The van der Waals surface area contributed by atoms with Gasteiger partial charge >= 0.3 is 0 Å². The van der Waals surface area contributed by atoms with E-state index < -0.39 is 0 Å². The van der Waals surface area contributed by atoms with Crippen molar-refractivity contribution >= 4 is 34.1 Å². The highest BCUT2D eigenvalue weighted by atomic mass is 35.5. The molecule has 5 heteroatoms. The number of rotatable bonds is 8. The van der Waals surface area contributed by atoms with Gasteiger partial charge in [-0.2, -0.15) is 0 Å². The molecule has 0 aliphatic rings. The maximum absolute atomic E-state index is 6.45. The Morgan fingerprint density at radius 2 is 1.71 bits per heavy atom. The predicted octanol–water partition coefficient (Wildman–Crippen LogP) is 6.65. The molecule has 31 heavy (non-hydrogen) atoms. The molecule has 1 aromatic heterocycles. The van der Waals surface area contributed by atoms with Crippen LogP contribution in [0.4, 0.5) is 0 Å². The van der Waals surface area contributed by atoms with Crippen LogP contribution in [-0.2, 0) is 19.5 Å². The Kier molecular flexibility index (Phi) is 6.86. The van der Waals surface area contributed by atoms with Gasteiger partial charge in [0.1, 0.15) is 5.75 Å². The number of halogens is 2. The molecule has 0 aliphatic carbocycles. The van der Waals surface area contributed by atoms with E-state index in [0.717, 1.165) is 30.8 Å². The molecule has 4 aromatic rings. The number of fused-ring (bicyclic) bond motifs is 1. The molecule has 0 saturated heterocycles. The summed E-state index contributed by atoms with van der Waals surface area (Å²) in [5, 5.41) is 6.24. The van der Waals surface area contributed by atoms with Gasteiger partial charge in [-0.1, -0.05) is 65.7 Å². The molecule has 160 valence electrons. The zero-order chi connectivity index (χ0) is 21.8. The van der Waals surface area contributed by atoms with E-state index >= 15 is 0 Å². The lowest BCUT2D eigenvalue weighted by atomic mass is 10.1. The zero-order valence-corrected chi connectivity index (χ0v) is 19.3. The minimum atomic E-state index is 0.655. The number of para-hydroxylation sites is 2. The first-order valence-corrected chi connectivity index (χ1v) is 11.2. The summed E-state index contributed by atoms with van der Waals surface area (Å²) in [6.45, 7) is 4.58. The minimum Gasteiger partial charge on any atom is -0.496 e. The van der Waals surface area contributed by atoms with Crippen molar-refractivity contribution in [3.8, 4) is 5.75 Å². The Morgan fingerprint density at radius 1 is 0.935 bits per heavy atom. The highest BCUT2D eigenvalue weighted by Crippen LogP contribution is 2.29. The second-order valence-electron chi connectivity index (χ2n) is 7.64. The number of ether oxygens (including phenoxy) is 1. The number of methoxy groups -OCH3 is 1. The molecule has 0 bridgehead atoms. The van der Waals surface area contributed by atoms with Crippen LogP contribution in [0.5, 0.6) is 5.75 Å². The van der Waals surface area contributed by atoms with E-state index in [2.05, 4.69) is 53.2 Å². The lowest BCUT2D eigenvalue weighted by molar-refractivity contribution is 0.409. The fourth-order valence-electron chi connectivity index (χ4n) is 4.10. The van der Waals surface area contributed by atoms with Crippen LogP contribution in [0.3, 0.4) is 0 Å². The molecule has 3 aromatic carbocycles. The van der Waals surface area contributed by atoms with E-state index in [9.17, 15) is 0 Å². The van der Waals surface area contributed by atoms with Gasteiger partial charge in [-0.15, -0.1) is 0 Å². The molecule has 0 saturated carbocycles. The Labute approximate surface area is 193 Å². The molecular formula is C26H26Cl2N2O. The summed E-state index contributed by atoms with van der Waals surface area (Å²) >= 11 is 12.5. The van der Waals surface area contributed by atoms with Crippen LogP contribution in [-0.4, -0.2) is 18.2 Å².